The molecule has 0 saturated carbocycles. The molecule has 32 heavy (non-hydrogen) atoms. The molecule has 1 aliphatic heterocycles. The van der Waals surface area contributed by atoms with Crippen LogP contribution in [0.1, 0.15) is 23.7 Å². The molecule has 1 heterocycles. The van der Waals surface area contributed by atoms with Crippen LogP contribution in [0.25, 0.3) is 0 Å². The van der Waals surface area contributed by atoms with E-state index >= 15 is 0 Å². The zero-order chi connectivity index (χ0) is 22.5. The van der Waals surface area contributed by atoms with Gasteiger partial charge < -0.3 is 10.6 Å². The smallest absolute Gasteiger partial charge is 0.272 e. The summed E-state index contributed by atoms with van der Waals surface area (Å²) in [5.74, 6) is -0.774. The summed E-state index contributed by atoms with van der Waals surface area (Å²) in [7, 11) is 0. The SMILES string of the molecule is CC(=O)C1CC(C(=O)Nc2ccccc2NC(=O)c2ccccc2)=NN1c1ccccc1. The highest BCUT2D eigenvalue weighted by atomic mass is 16.2. The van der Waals surface area contributed by atoms with Crippen LogP contribution in [0.5, 0.6) is 0 Å². The summed E-state index contributed by atoms with van der Waals surface area (Å²) in [5.41, 5.74) is 2.42. The van der Waals surface area contributed by atoms with E-state index < -0.39 is 11.9 Å². The van der Waals surface area contributed by atoms with Crippen LogP contribution in [0.3, 0.4) is 0 Å². The van der Waals surface area contributed by atoms with Gasteiger partial charge in [0.2, 0.25) is 0 Å². The summed E-state index contributed by atoms with van der Waals surface area (Å²) in [4.78, 5) is 37.7. The minimum absolute atomic E-state index is 0.0732. The number of nitrogens with one attached hydrogen (secondary N) is 2. The summed E-state index contributed by atoms with van der Waals surface area (Å²) in [6, 6.07) is 24.5. The van der Waals surface area contributed by atoms with E-state index in [0.29, 0.717) is 16.9 Å². The van der Waals surface area contributed by atoms with Gasteiger partial charge in [0.1, 0.15) is 11.8 Å². The Hall–Kier alpha value is -4.26. The Bertz CT molecular complexity index is 1180. The largest absolute Gasteiger partial charge is 0.320 e. The normalized spacial score (nSPS) is 15.1. The molecule has 0 spiro atoms. The summed E-state index contributed by atoms with van der Waals surface area (Å²) in [6.45, 7) is 1.49. The first-order chi connectivity index (χ1) is 15.5. The van der Waals surface area contributed by atoms with Crippen LogP contribution in [0, 0.1) is 0 Å². The molecule has 160 valence electrons. The molecular formula is C25H22N4O3. The van der Waals surface area contributed by atoms with E-state index in [9.17, 15) is 14.4 Å². The maximum absolute atomic E-state index is 13.0. The molecule has 0 radical (unpaired) electrons. The van der Waals surface area contributed by atoms with Crippen molar-refractivity contribution in [2.75, 3.05) is 15.6 Å². The first kappa shape index (κ1) is 21.0. The third-order valence-electron chi connectivity index (χ3n) is 5.12. The van der Waals surface area contributed by atoms with Crippen molar-refractivity contribution in [1.29, 1.82) is 0 Å². The average Bonchev–Trinajstić information content (AvgIpc) is 3.28. The number of anilines is 3. The first-order valence-electron chi connectivity index (χ1n) is 10.2. The molecule has 2 N–H and O–H groups in total. The van der Waals surface area contributed by atoms with Crippen LogP contribution in [0.4, 0.5) is 17.1 Å². The van der Waals surface area contributed by atoms with E-state index in [2.05, 4.69) is 15.7 Å². The second-order valence-corrected chi connectivity index (χ2v) is 7.38. The molecule has 7 heteroatoms. The predicted octanol–water partition coefficient (Wildman–Crippen LogP) is 4.10. The second kappa shape index (κ2) is 9.26. The van der Waals surface area contributed by atoms with Crippen molar-refractivity contribution >= 4 is 40.4 Å². The zero-order valence-electron chi connectivity index (χ0n) is 17.5. The molecule has 0 aromatic heterocycles. The lowest BCUT2D eigenvalue weighted by molar-refractivity contribution is -0.118. The van der Waals surface area contributed by atoms with Crippen molar-refractivity contribution in [3.05, 3.63) is 90.5 Å². The maximum atomic E-state index is 13.0. The number of nitrogens with zero attached hydrogens (tertiary/aromatic N) is 2. The van der Waals surface area contributed by atoms with E-state index in [4.69, 9.17) is 0 Å². The Morgan fingerprint density at radius 3 is 1.91 bits per heavy atom. The van der Waals surface area contributed by atoms with Gasteiger partial charge in [-0.1, -0.05) is 48.5 Å². The molecule has 1 unspecified atom stereocenters. The van der Waals surface area contributed by atoms with Gasteiger partial charge in [-0.2, -0.15) is 5.10 Å². The van der Waals surface area contributed by atoms with Gasteiger partial charge in [-0.15, -0.1) is 0 Å². The molecule has 0 saturated heterocycles. The number of benzene rings is 3. The van der Waals surface area contributed by atoms with Gasteiger partial charge in [0, 0.05) is 12.0 Å². The average molecular weight is 426 g/mol. The number of ketones is 1. The number of carbonyl (C=O) groups excluding carboxylic acids is 3. The fourth-order valence-corrected chi connectivity index (χ4v) is 3.46. The van der Waals surface area contributed by atoms with Crippen molar-refractivity contribution in [3.63, 3.8) is 0 Å². The summed E-state index contributed by atoms with van der Waals surface area (Å²) >= 11 is 0. The highest BCUT2D eigenvalue weighted by Crippen LogP contribution is 2.27. The van der Waals surface area contributed by atoms with E-state index in [1.54, 1.807) is 53.5 Å². The van der Waals surface area contributed by atoms with Crippen molar-refractivity contribution in [2.45, 2.75) is 19.4 Å². The van der Waals surface area contributed by atoms with E-state index in [1.807, 2.05) is 36.4 Å². The number of hydrogen-bond donors (Lipinski definition) is 2. The zero-order valence-corrected chi connectivity index (χ0v) is 17.5. The van der Waals surface area contributed by atoms with Gasteiger partial charge in [0.05, 0.1) is 17.1 Å². The van der Waals surface area contributed by atoms with Crippen LogP contribution in [0.15, 0.2) is 90.0 Å². The van der Waals surface area contributed by atoms with Crippen LogP contribution in [0.2, 0.25) is 0 Å². The quantitative estimate of drug-likeness (QED) is 0.621. The van der Waals surface area contributed by atoms with Crippen molar-refractivity contribution in [1.82, 2.24) is 0 Å². The molecule has 1 aliphatic rings. The fourth-order valence-electron chi connectivity index (χ4n) is 3.46. The van der Waals surface area contributed by atoms with Gasteiger partial charge in [0.25, 0.3) is 11.8 Å². The van der Waals surface area contributed by atoms with Crippen molar-refractivity contribution in [3.8, 4) is 0 Å². The van der Waals surface area contributed by atoms with Gasteiger partial charge in [0.15, 0.2) is 5.78 Å². The standard InChI is InChI=1S/C25H22N4O3/c1-17(30)23-16-22(28-29(23)19-12-6-3-7-13-19)25(32)27-21-15-9-8-14-20(21)26-24(31)18-10-4-2-5-11-18/h2-15,23H,16H2,1H3,(H,26,31)(H,27,32). The second-order valence-electron chi connectivity index (χ2n) is 7.38. The first-order valence-corrected chi connectivity index (χ1v) is 10.2. The number of para-hydroxylation sites is 3. The molecule has 7 nitrogen and oxygen atoms in total. The molecule has 0 fully saturated rings. The number of Topliss-reactive ketones (excluding diaryl/α,β-unsaturated/α-hetero) is 1. The number of carbonyl (C=O) groups is 3. The number of amides is 2. The highest BCUT2D eigenvalue weighted by molar-refractivity contribution is 6.44. The van der Waals surface area contributed by atoms with E-state index in [-0.39, 0.29) is 23.8 Å². The van der Waals surface area contributed by atoms with Crippen molar-refractivity contribution < 1.29 is 14.4 Å². The number of hydrogen-bond acceptors (Lipinski definition) is 5. The third kappa shape index (κ3) is 4.57. The minimum atomic E-state index is -0.536. The minimum Gasteiger partial charge on any atom is -0.320 e. The van der Waals surface area contributed by atoms with Gasteiger partial charge in [-0.25, -0.2) is 0 Å². The topological polar surface area (TPSA) is 90.9 Å². The lowest BCUT2D eigenvalue weighted by Gasteiger charge is -2.20. The molecule has 0 bridgehead atoms. The maximum Gasteiger partial charge on any atom is 0.272 e. The predicted molar refractivity (Wildman–Crippen MR) is 125 cm³/mol. The Kier molecular flexibility index (Phi) is 6.07. The van der Waals surface area contributed by atoms with Crippen molar-refractivity contribution in [2.24, 2.45) is 5.10 Å². The fraction of sp³-hybridized carbons (Fsp3) is 0.120. The molecule has 3 aromatic rings. The Morgan fingerprint density at radius 1 is 0.781 bits per heavy atom. The Labute approximate surface area is 185 Å². The summed E-state index contributed by atoms with van der Waals surface area (Å²) in [6.07, 6.45) is 0.203. The Balaban J connectivity index is 1.53. The van der Waals surface area contributed by atoms with Crippen LogP contribution >= 0.6 is 0 Å². The van der Waals surface area contributed by atoms with E-state index in [0.717, 1.165) is 5.69 Å². The monoisotopic (exact) mass is 426 g/mol. The van der Waals surface area contributed by atoms with Gasteiger partial charge in [-0.3, -0.25) is 19.4 Å². The van der Waals surface area contributed by atoms with Crippen LogP contribution < -0.4 is 15.6 Å². The summed E-state index contributed by atoms with van der Waals surface area (Å²) in [5, 5.41) is 11.7. The number of rotatable bonds is 6. The van der Waals surface area contributed by atoms with Gasteiger partial charge >= 0.3 is 0 Å². The van der Waals surface area contributed by atoms with Crippen LogP contribution in [-0.4, -0.2) is 29.4 Å². The number of hydrazone groups is 1. The van der Waals surface area contributed by atoms with Crippen LogP contribution in [-0.2, 0) is 9.59 Å². The lowest BCUT2D eigenvalue weighted by Crippen LogP contribution is -2.33. The summed E-state index contributed by atoms with van der Waals surface area (Å²) < 4.78 is 0. The van der Waals surface area contributed by atoms with E-state index in [1.165, 1.54) is 6.92 Å². The lowest BCUT2D eigenvalue weighted by atomic mass is 10.1. The molecule has 3 aromatic carbocycles. The molecule has 1 atom stereocenters. The van der Waals surface area contributed by atoms with Gasteiger partial charge in [-0.05, 0) is 43.3 Å². The molecular weight excluding hydrogens is 404 g/mol. The molecule has 4 rings (SSSR count). The highest BCUT2D eigenvalue weighted by Gasteiger charge is 2.34. The Morgan fingerprint density at radius 2 is 1.31 bits per heavy atom. The molecule has 2 amide bonds. The molecule has 0 aliphatic carbocycles. The third-order valence-corrected chi connectivity index (χ3v) is 5.12.